The Hall–Kier alpha value is -1.04. The van der Waals surface area contributed by atoms with Crippen molar-refractivity contribution in [3.8, 4) is 12.3 Å². The van der Waals surface area contributed by atoms with Crippen molar-refractivity contribution < 1.29 is 9.50 Å². The van der Waals surface area contributed by atoms with Gasteiger partial charge in [0.1, 0.15) is 11.9 Å². The van der Waals surface area contributed by atoms with E-state index in [2.05, 4.69) is 0 Å². The van der Waals surface area contributed by atoms with Crippen molar-refractivity contribution in [2.24, 2.45) is 0 Å². The Labute approximate surface area is 74.8 Å². The van der Waals surface area contributed by atoms with Crippen molar-refractivity contribution in [3.63, 3.8) is 0 Å². The van der Waals surface area contributed by atoms with Crippen LogP contribution in [-0.4, -0.2) is 5.11 Å². The third kappa shape index (κ3) is 1.58. The van der Waals surface area contributed by atoms with Gasteiger partial charge in [-0.15, -0.1) is 6.42 Å². The number of aliphatic hydroxyl groups is 1. The number of aliphatic hydroxyl groups excluding tert-OH is 1. The molecule has 0 saturated heterocycles. The Morgan fingerprint density at radius 1 is 1.58 bits per heavy atom. The lowest BCUT2D eigenvalue weighted by Gasteiger charge is -2.05. The fraction of sp³-hybridized carbons (Fsp3) is 0.111. The zero-order chi connectivity index (χ0) is 9.14. The standard InChI is InChI=1S/C9H6ClFO/c1-2-8(12)6-4-3-5-7(10)9(6)11/h1,3-5,8,12H. The van der Waals surface area contributed by atoms with Gasteiger partial charge < -0.3 is 5.11 Å². The van der Waals surface area contributed by atoms with E-state index >= 15 is 0 Å². The van der Waals surface area contributed by atoms with Crippen molar-refractivity contribution >= 4 is 11.6 Å². The van der Waals surface area contributed by atoms with E-state index in [0.29, 0.717) is 0 Å². The summed E-state index contributed by atoms with van der Waals surface area (Å²) in [6, 6.07) is 4.32. The number of terminal acetylenes is 1. The SMILES string of the molecule is C#CC(O)c1cccc(Cl)c1F. The first kappa shape index (κ1) is 9.05. The highest BCUT2D eigenvalue weighted by atomic mass is 35.5. The van der Waals surface area contributed by atoms with Crippen molar-refractivity contribution in [2.75, 3.05) is 0 Å². The van der Waals surface area contributed by atoms with Gasteiger partial charge in [-0.05, 0) is 6.07 Å². The van der Waals surface area contributed by atoms with Crippen LogP contribution in [0.4, 0.5) is 4.39 Å². The van der Waals surface area contributed by atoms with E-state index in [1.54, 1.807) is 0 Å². The second-order valence-corrected chi connectivity index (χ2v) is 2.62. The van der Waals surface area contributed by atoms with Crippen LogP contribution in [0.3, 0.4) is 0 Å². The van der Waals surface area contributed by atoms with Crippen LogP contribution in [0.25, 0.3) is 0 Å². The van der Waals surface area contributed by atoms with Crippen LogP contribution < -0.4 is 0 Å². The van der Waals surface area contributed by atoms with Crippen LogP contribution in [-0.2, 0) is 0 Å². The van der Waals surface area contributed by atoms with E-state index in [4.69, 9.17) is 23.1 Å². The molecule has 0 aliphatic rings. The summed E-state index contributed by atoms with van der Waals surface area (Å²) in [5.41, 5.74) is 0.0324. The molecule has 0 spiro atoms. The van der Waals surface area contributed by atoms with Crippen molar-refractivity contribution in [1.82, 2.24) is 0 Å². The van der Waals surface area contributed by atoms with Gasteiger partial charge in [-0.25, -0.2) is 4.39 Å². The Morgan fingerprint density at radius 2 is 2.25 bits per heavy atom. The highest BCUT2D eigenvalue weighted by molar-refractivity contribution is 6.30. The zero-order valence-electron chi connectivity index (χ0n) is 6.09. The lowest BCUT2D eigenvalue weighted by atomic mass is 10.1. The summed E-state index contributed by atoms with van der Waals surface area (Å²) in [4.78, 5) is 0. The molecule has 0 heterocycles. The topological polar surface area (TPSA) is 20.2 Å². The molecule has 3 heteroatoms. The molecule has 1 atom stereocenters. The summed E-state index contributed by atoms with van der Waals surface area (Å²) in [5, 5.41) is 9.06. The van der Waals surface area contributed by atoms with Crippen LogP contribution in [0, 0.1) is 18.2 Å². The van der Waals surface area contributed by atoms with E-state index in [1.165, 1.54) is 18.2 Å². The summed E-state index contributed by atoms with van der Waals surface area (Å²) in [6.07, 6.45) is 3.68. The van der Waals surface area contributed by atoms with Gasteiger partial charge in [-0.1, -0.05) is 29.7 Å². The maximum atomic E-state index is 13.1. The van der Waals surface area contributed by atoms with E-state index in [0.717, 1.165) is 0 Å². The minimum atomic E-state index is -1.23. The average molecular weight is 185 g/mol. The molecule has 1 unspecified atom stereocenters. The van der Waals surface area contributed by atoms with Crippen molar-refractivity contribution in [2.45, 2.75) is 6.10 Å². The molecule has 0 bridgehead atoms. The summed E-state index contributed by atoms with van der Waals surface area (Å²) in [7, 11) is 0. The Kier molecular flexibility index (Phi) is 2.69. The first-order valence-corrected chi connectivity index (χ1v) is 3.62. The quantitative estimate of drug-likeness (QED) is 0.663. The highest BCUT2D eigenvalue weighted by Crippen LogP contribution is 2.22. The molecule has 0 fully saturated rings. The zero-order valence-corrected chi connectivity index (χ0v) is 6.85. The Balaban J connectivity index is 3.18. The maximum Gasteiger partial charge on any atom is 0.148 e. The first-order chi connectivity index (χ1) is 5.66. The van der Waals surface area contributed by atoms with Crippen LogP contribution >= 0.6 is 11.6 Å². The molecule has 1 aromatic carbocycles. The molecule has 0 amide bonds. The lowest BCUT2D eigenvalue weighted by Crippen LogP contribution is -1.97. The molecule has 62 valence electrons. The van der Waals surface area contributed by atoms with Gasteiger partial charge in [0.25, 0.3) is 0 Å². The largest absolute Gasteiger partial charge is 0.376 e. The van der Waals surface area contributed by atoms with E-state index < -0.39 is 11.9 Å². The molecule has 12 heavy (non-hydrogen) atoms. The molecule has 0 aliphatic carbocycles. The predicted molar refractivity (Wildman–Crippen MR) is 45.2 cm³/mol. The van der Waals surface area contributed by atoms with E-state index in [1.807, 2.05) is 5.92 Å². The molecule has 1 aromatic rings. The molecular formula is C9H6ClFO. The van der Waals surface area contributed by atoms with Gasteiger partial charge >= 0.3 is 0 Å². The molecular weight excluding hydrogens is 179 g/mol. The third-order valence-electron chi connectivity index (χ3n) is 1.43. The van der Waals surface area contributed by atoms with E-state index in [9.17, 15) is 4.39 Å². The van der Waals surface area contributed by atoms with Gasteiger partial charge in [0.05, 0.1) is 5.02 Å². The molecule has 0 saturated carbocycles. The minimum absolute atomic E-state index is 0.0324. The monoisotopic (exact) mass is 184 g/mol. The van der Waals surface area contributed by atoms with Gasteiger partial charge in [-0.2, -0.15) is 0 Å². The van der Waals surface area contributed by atoms with Crippen molar-refractivity contribution in [1.29, 1.82) is 0 Å². The molecule has 0 aromatic heterocycles. The van der Waals surface area contributed by atoms with Crippen molar-refractivity contribution in [3.05, 3.63) is 34.6 Å². The minimum Gasteiger partial charge on any atom is -0.376 e. The van der Waals surface area contributed by atoms with Gasteiger partial charge in [0.2, 0.25) is 0 Å². The first-order valence-electron chi connectivity index (χ1n) is 3.25. The molecule has 1 nitrogen and oxygen atoms in total. The number of hydrogen-bond acceptors (Lipinski definition) is 1. The number of benzene rings is 1. The molecule has 0 radical (unpaired) electrons. The predicted octanol–water partition coefficient (Wildman–Crippen LogP) is 2.15. The number of rotatable bonds is 1. The second kappa shape index (κ2) is 3.57. The fourth-order valence-corrected chi connectivity index (χ4v) is 1.00. The summed E-state index contributed by atoms with van der Waals surface area (Å²) < 4.78 is 13.1. The van der Waals surface area contributed by atoms with Gasteiger partial charge in [-0.3, -0.25) is 0 Å². The summed E-state index contributed by atoms with van der Waals surface area (Å²) in [5.74, 6) is 1.34. The molecule has 1 rings (SSSR count). The number of halogens is 2. The van der Waals surface area contributed by atoms with Crippen LogP contribution in [0.1, 0.15) is 11.7 Å². The Morgan fingerprint density at radius 3 is 2.83 bits per heavy atom. The van der Waals surface area contributed by atoms with E-state index in [-0.39, 0.29) is 10.6 Å². The summed E-state index contributed by atoms with van der Waals surface area (Å²) >= 11 is 5.46. The highest BCUT2D eigenvalue weighted by Gasteiger charge is 2.11. The smallest absolute Gasteiger partial charge is 0.148 e. The average Bonchev–Trinajstić information content (AvgIpc) is 2.08. The van der Waals surface area contributed by atoms with Crippen LogP contribution in [0.5, 0.6) is 0 Å². The maximum absolute atomic E-state index is 13.1. The Bertz CT molecular complexity index is 330. The third-order valence-corrected chi connectivity index (χ3v) is 1.73. The van der Waals surface area contributed by atoms with Gasteiger partial charge in [0.15, 0.2) is 0 Å². The lowest BCUT2D eigenvalue weighted by molar-refractivity contribution is 0.233. The molecule has 1 N–H and O–H groups in total. The number of hydrogen-bond donors (Lipinski definition) is 1. The normalized spacial score (nSPS) is 12.2. The molecule has 0 aliphatic heterocycles. The summed E-state index contributed by atoms with van der Waals surface area (Å²) in [6.45, 7) is 0. The fourth-order valence-electron chi connectivity index (χ4n) is 0.821. The van der Waals surface area contributed by atoms with Crippen LogP contribution in [0.15, 0.2) is 18.2 Å². The van der Waals surface area contributed by atoms with Gasteiger partial charge in [0, 0.05) is 5.56 Å². The van der Waals surface area contributed by atoms with Crippen LogP contribution in [0.2, 0.25) is 5.02 Å². The second-order valence-electron chi connectivity index (χ2n) is 2.21.